The fraction of sp³-hybridized carbons (Fsp3) is 0. The lowest BCUT2D eigenvalue weighted by molar-refractivity contribution is -0.254. The summed E-state index contributed by atoms with van der Waals surface area (Å²) in [5, 5.41) is 0. The summed E-state index contributed by atoms with van der Waals surface area (Å²) >= 11 is 0. The monoisotopic (exact) mass is 118 g/mol. The average molecular weight is 118 g/mol. The second-order valence-electron chi connectivity index (χ2n) is 1.84. The van der Waals surface area contributed by atoms with E-state index in [0.717, 1.165) is 11.3 Å². The van der Waals surface area contributed by atoms with Crippen LogP contribution in [0.3, 0.4) is 0 Å². The maximum Gasteiger partial charge on any atom is 0.129 e. The van der Waals surface area contributed by atoms with E-state index in [1.165, 1.54) is 0 Å². The van der Waals surface area contributed by atoms with Gasteiger partial charge in [-0.25, -0.2) is 0 Å². The Bertz CT molecular complexity index is 245. The lowest BCUT2D eigenvalue weighted by atomic mass is 10.2. The fourth-order valence-corrected chi connectivity index (χ4v) is 0.661. The highest BCUT2D eigenvalue weighted by Gasteiger charge is 1.87. The molecule has 1 rings (SSSR count). The van der Waals surface area contributed by atoms with Crippen molar-refractivity contribution >= 4 is 5.69 Å². The molecule has 0 unspecified atom stereocenters. The first-order chi connectivity index (χ1) is 4.33. The van der Waals surface area contributed by atoms with Crippen LogP contribution in [-0.4, -0.2) is 0 Å². The fourth-order valence-electron chi connectivity index (χ4n) is 0.661. The van der Waals surface area contributed by atoms with Gasteiger partial charge >= 0.3 is 0 Å². The molecule has 1 aromatic rings. The van der Waals surface area contributed by atoms with E-state index in [4.69, 9.17) is 6.42 Å². The van der Waals surface area contributed by atoms with Crippen molar-refractivity contribution in [1.29, 1.82) is 0 Å². The Kier molecular flexibility index (Phi) is 1.53. The first-order valence-corrected chi connectivity index (χ1v) is 2.71. The van der Waals surface area contributed by atoms with E-state index in [0.29, 0.717) is 0 Å². The molecule has 1 heteroatoms. The average Bonchev–Trinajstić information content (AvgIpc) is 1.88. The Morgan fingerprint density at radius 1 is 1.44 bits per heavy atom. The summed E-state index contributed by atoms with van der Waals surface area (Å²) < 4.78 is 0. The highest BCUT2D eigenvalue weighted by atomic mass is 14.5. The van der Waals surface area contributed by atoms with Crippen molar-refractivity contribution in [3.63, 3.8) is 0 Å². The number of rotatable bonds is 0. The molecule has 0 saturated carbocycles. The van der Waals surface area contributed by atoms with Crippen LogP contribution in [0.15, 0.2) is 24.3 Å². The van der Waals surface area contributed by atoms with Crippen LogP contribution in [0.2, 0.25) is 0 Å². The highest BCUT2D eigenvalue weighted by Crippen LogP contribution is 2.01. The number of quaternary nitrogens is 1. The second kappa shape index (κ2) is 2.34. The Hall–Kier alpha value is -1.26. The van der Waals surface area contributed by atoms with Crippen molar-refractivity contribution < 1.29 is 5.73 Å². The van der Waals surface area contributed by atoms with Gasteiger partial charge in [-0.15, -0.1) is 6.42 Å². The van der Waals surface area contributed by atoms with Crippen LogP contribution >= 0.6 is 0 Å². The van der Waals surface area contributed by atoms with Gasteiger partial charge in [0.15, 0.2) is 0 Å². The molecule has 44 valence electrons. The Morgan fingerprint density at radius 3 is 2.67 bits per heavy atom. The summed E-state index contributed by atoms with van der Waals surface area (Å²) in [6.07, 6.45) is 5.14. The van der Waals surface area contributed by atoms with E-state index in [1.54, 1.807) is 0 Å². The minimum atomic E-state index is 0.891. The van der Waals surface area contributed by atoms with Gasteiger partial charge in [0.2, 0.25) is 0 Å². The normalized spacial score (nSPS) is 8.44. The molecule has 1 nitrogen and oxygen atoms in total. The molecule has 0 saturated heterocycles. The Labute approximate surface area is 54.5 Å². The van der Waals surface area contributed by atoms with Crippen molar-refractivity contribution in [3.8, 4) is 12.3 Å². The molecule has 0 spiro atoms. The standard InChI is InChI=1S/C8H7N/c1-2-7-4-3-5-8(9)6-7/h1,3-6H,9H2/p+1. The first kappa shape index (κ1) is 5.87. The first-order valence-electron chi connectivity index (χ1n) is 2.71. The summed E-state index contributed by atoms with van der Waals surface area (Å²) in [6.45, 7) is 0. The van der Waals surface area contributed by atoms with Crippen LogP contribution in [-0.2, 0) is 0 Å². The van der Waals surface area contributed by atoms with Gasteiger partial charge in [-0.05, 0) is 12.1 Å². The van der Waals surface area contributed by atoms with Gasteiger partial charge in [0.1, 0.15) is 5.69 Å². The third-order valence-corrected chi connectivity index (χ3v) is 1.09. The van der Waals surface area contributed by atoms with Gasteiger partial charge < -0.3 is 5.73 Å². The zero-order valence-corrected chi connectivity index (χ0v) is 5.09. The van der Waals surface area contributed by atoms with Crippen molar-refractivity contribution in [2.45, 2.75) is 0 Å². The number of hydrogen-bond acceptors (Lipinski definition) is 0. The molecule has 0 fully saturated rings. The van der Waals surface area contributed by atoms with Crippen LogP contribution < -0.4 is 5.73 Å². The van der Waals surface area contributed by atoms with Gasteiger partial charge in [-0.1, -0.05) is 12.0 Å². The molecular formula is C8H8N+. The van der Waals surface area contributed by atoms with E-state index in [-0.39, 0.29) is 0 Å². The van der Waals surface area contributed by atoms with Gasteiger partial charge in [-0.2, -0.15) is 0 Å². The lowest BCUT2D eigenvalue weighted by Crippen LogP contribution is -2.39. The number of benzene rings is 1. The topological polar surface area (TPSA) is 27.6 Å². The molecular weight excluding hydrogens is 110 g/mol. The second-order valence-corrected chi connectivity index (χ2v) is 1.84. The Morgan fingerprint density at radius 2 is 2.22 bits per heavy atom. The summed E-state index contributed by atoms with van der Waals surface area (Å²) in [5.41, 5.74) is 5.59. The predicted octanol–water partition coefficient (Wildman–Crippen LogP) is 0.541. The van der Waals surface area contributed by atoms with Crippen LogP contribution in [0.5, 0.6) is 0 Å². The largest absolute Gasteiger partial charge is 0.325 e. The summed E-state index contributed by atoms with van der Waals surface area (Å²) in [6, 6.07) is 7.58. The molecule has 1 aromatic carbocycles. The molecule has 9 heavy (non-hydrogen) atoms. The smallest absolute Gasteiger partial charge is 0.129 e. The zero-order chi connectivity index (χ0) is 6.69. The molecule has 0 aromatic heterocycles. The highest BCUT2D eigenvalue weighted by molar-refractivity contribution is 5.40. The third-order valence-electron chi connectivity index (χ3n) is 1.09. The van der Waals surface area contributed by atoms with E-state index in [2.05, 4.69) is 11.7 Å². The molecule has 0 aliphatic rings. The van der Waals surface area contributed by atoms with E-state index < -0.39 is 0 Å². The molecule has 0 atom stereocenters. The van der Waals surface area contributed by atoms with Crippen LogP contribution in [0.1, 0.15) is 5.56 Å². The predicted molar refractivity (Wildman–Crippen MR) is 36.9 cm³/mol. The molecule has 0 radical (unpaired) electrons. The lowest BCUT2D eigenvalue weighted by Gasteiger charge is -1.87. The van der Waals surface area contributed by atoms with Crippen LogP contribution in [0, 0.1) is 12.3 Å². The van der Waals surface area contributed by atoms with Gasteiger partial charge in [0, 0.05) is 11.6 Å². The minimum Gasteiger partial charge on any atom is -0.325 e. The van der Waals surface area contributed by atoms with Crippen molar-refractivity contribution in [1.82, 2.24) is 0 Å². The maximum absolute atomic E-state index is 5.14. The zero-order valence-electron chi connectivity index (χ0n) is 5.09. The van der Waals surface area contributed by atoms with Crippen LogP contribution in [0.4, 0.5) is 5.69 Å². The molecule has 0 amide bonds. The molecule has 0 heterocycles. The quantitative estimate of drug-likeness (QED) is 0.481. The summed E-state index contributed by atoms with van der Waals surface area (Å²) in [5.74, 6) is 2.53. The van der Waals surface area contributed by atoms with Crippen LogP contribution in [0.25, 0.3) is 0 Å². The molecule has 0 bridgehead atoms. The SMILES string of the molecule is C#Cc1cccc([NH3+])c1. The van der Waals surface area contributed by atoms with Crippen molar-refractivity contribution in [2.24, 2.45) is 0 Å². The summed E-state index contributed by atoms with van der Waals surface area (Å²) in [7, 11) is 0. The summed E-state index contributed by atoms with van der Waals surface area (Å²) in [4.78, 5) is 0. The van der Waals surface area contributed by atoms with Gasteiger partial charge in [-0.3, -0.25) is 0 Å². The van der Waals surface area contributed by atoms with Crippen molar-refractivity contribution in [2.75, 3.05) is 0 Å². The van der Waals surface area contributed by atoms with E-state index in [1.807, 2.05) is 24.3 Å². The minimum absolute atomic E-state index is 0.891. The van der Waals surface area contributed by atoms with Gasteiger partial charge in [0.25, 0.3) is 0 Å². The van der Waals surface area contributed by atoms with E-state index >= 15 is 0 Å². The van der Waals surface area contributed by atoms with E-state index in [9.17, 15) is 0 Å². The molecule has 3 N–H and O–H groups in total. The third kappa shape index (κ3) is 1.31. The number of terminal acetylenes is 1. The number of hydrogen-bond donors (Lipinski definition) is 1. The Balaban J connectivity index is 3.12. The molecule has 0 aliphatic carbocycles. The van der Waals surface area contributed by atoms with Gasteiger partial charge in [0.05, 0.1) is 0 Å². The van der Waals surface area contributed by atoms with Crippen molar-refractivity contribution in [3.05, 3.63) is 29.8 Å². The maximum atomic E-state index is 5.14. The molecule has 0 aliphatic heterocycles.